The molecule has 9 nitrogen and oxygen atoms in total. The van der Waals surface area contributed by atoms with Gasteiger partial charge < -0.3 is 33.8 Å². The van der Waals surface area contributed by atoms with Crippen molar-refractivity contribution < 1.29 is 42.9 Å². The maximum atomic E-state index is 10.5. The minimum Gasteiger partial charge on any atom is -0.352 e. The first-order chi connectivity index (χ1) is 8.49. The predicted octanol–water partition coefficient (Wildman–Crippen LogP) is 0.0836. The summed E-state index contributed by atoms with van der Waals surface area (Å²) >= 11 is 0. The Hall–Kier alpha value is 0.180. The average molecular weight is 322 g/mol. The van der Waals surface area contributed by atoms with Crippen LogP contribution in [0.15, 0.2) is 0 Å². The van der Waals surface area contributed by atoms with Gasteiger partial charge in [-0.05, 0) is 13.8 Å². The molecule has 11 heteroatoms. The van der Waals surface area contributed by atoms with Crippen LogP contribution in [-0.4, -0.2) is 57.7 Å². The summed E-state index contributed by atoms with van der Waals surface area (Å²) in [6, 6.07) is 0. The highest BCUT2D eigenvalue weighted by molar-refractivity contribution is 7.52. The largest absolute Gasteiger partial charge is 0.352 e. The maximum absolute atomic E-state index is 10.5. The van der Waals surface area contributed by atoms with E-state index in [0.29, 0.717) is 0 Å². The first-order valence-electron chi connectivity index (χ1n) is 5.47. The zero-order chi connectivity index (χ0) is 15.1. The lowest BCUT2D eigenvalue weighted by Gasteiger charge is -2.20. The molecule has 0 spiro atoms. The van der Waals surface area contributed by atoms with Crippen molar-refractivity contribution in [2.24, 2.45) is 0 Å². The molecule has 0 saturated carbocycles. The summed E-state index contributed by atoms with van der Waals surface area (Å²) in [6.45, 7) is 2.70. The van der Waals surface area contributed by atoms with Crippen LogP contribution >= 0.6 is 15.2 Å². The summed E-state index contributed by atoms with van der Waals surface area (Å²) in [5.41, 5.74) is 0. The average Bonchev–Trinajstić information content (AvgIpc) is 2.12. The van der Waals surface area contributed by atoms with E-state index in [1.807, 2.05) is 0 Å². The summed E-state index contributed by atoms with van der Waals surface area (Å²) in [5, 5.41) is 0. The molecule has 0 heterocycles. The van der Waals surface area contributed by atoms with Crippen LogP contribution in [0.2, 0.25) is 0 Å². The Balaban J connectivity index is 3.72. The molecule has 2 unspecified atom stereocenters. The fourth-order valence-electron chi connectivity index (χ4n) is 1.02. The van der Waals surface area contributed by atoms with E-state index >= 15 is 0 Å². The molecule has 0 saturated heterocycles. The summed E-state index contributed by atoms with van der Waals surface area (Å²) in [7, 11) is -8.18. The van der Waals surface area contributed by atoms with E-state index in [9.17, 15) is 9.13 Å². The molecular weight excluding hydrogens is 302 g/mol. The third kappa shape index (κ3) is 14.4. The number of hydrogen-bond acceptors (Lipinski definition) is 5. The lowest BCUT2D eigenvalue weighted by Crippen LogP contribution is -2.24. The summed E-state index contributed by atoms with van der Waals surface area (Å²) in [4.78, 5) is 34.4. The van der Waals surface area contributed by atoms with Crippen molar-refractivity contribution in [3.63, 3.8) is 0 Å². The van der Waals surface area contributed by atoms with Crippen molar-refractivity contribution in [3.05, 3.63) is 0 Å². The lowest BCUT2D eigenvalue weighted by atomic mass is 10.6. The monoisotopic (exact) mass is 322 g/mol. The first kappa shape index (κ1) is 19.2. The number of hydrogen-bond donors (Lipinski definition) is 4. The van der Waals surface area contributed by atoms with Gasteiger partial charge in [0.15, 0.2) is 12.6 Å². The van der Waals surface area contributed by atoms with Gasteiger partial charge in [-0.2, -0.15) is 0 Å². The van der Waals surface area contributed by atoms with Crippen LogP contribution in [0.5, 0.6) is 0 Å². The molecule has 116 valence electrons. The Kier molecular flexibility index (Phi) is 8.54. The van der Waals surface area contributed by atoms with Gasteiger partial charge in [0, 0.05) is 0 Å². The van der Waals surface area contributed by atoms with Gasteiger partial charge in [-0.3, -0.25) is 9.13 Å². The smallest absolute Gasteiger partial charge is 0.327 e. The standard InChI is InChI=1S/C8H20O9P2/c1-7(15-3-5-18(9,10)11)17-8(2)16-4-6-19(12,13)14/h7-8H,3-6H2,1-2H3,(H2,9,10,11)(H2,12,13,14). The highest BCUT2D eigenvalue weighted by Crippen LogP contribution is 2.34. The van der Waals surface area contributed by atoms with Crippen molar-refractivity contribution in [2.45, 2.75) is 26.4 Å². The number of rotatable bonds is 10. The second kappa shape index (κ2) is 8.46. The van der Waals surface area contributed by atoms with Crippen LogP contribution in [0.3, 0.4) is 0 Å². The summed E-state index contributed by atoms with van der Waals surface area (Å²) in [6.07, 6.45) is -2.32. The van der Waals surface area contributed by atoms with Crippen LogP contribution in [0, 0.1) is 0 Å². The molecular formula is C8H20O9P2. The lowest BCUT2D eigenvalue weighted by molar-refractivity contribution is -0.228. The van der Waals surface area contributed by atoms with E-state index in [4.69, 9.17) is 33.8 Å². The van der Waals surface area contributed by atoms with E-state index in [2.05, 4.69) is 0 Å². The molecule has 0 aliphatic heterocycles. The third-order valence-electron chi connectivity index (χ3n) is 1.85. The molecule has 0 aromatic rings. The Morgan fingerprint density at radius 3 is 1.42 bits per heavy atom. The molecule has 0 rings (SSSR count). The van der Waals surface area contributed by atoms with E-state index in [0.717, 1.165) is 0 Å². The maximum Gasteiger partial charge on any atom is 0.327 e. The van der Waals surface area contributed by atoms with Gasteiger partial charge in [0.1, 0.15) is 0 Å². The van der Waals surface area contributed by atoms with Crippen LogP contribution in [0.25, 0.3) is 0 Å². The highest BCUT2D eigenvalue weighted by Gasteiger charge is 2.16. The minimum atomic E-state index is -4.09. The Morgan fingerprint density at radius 2 is 1.16 bits per heavy atom. The van der Waals surface area contributed by atoms with Crippen molar-refractivity contribution >= 4 is 15.2 Å². The normalized spacial score (nSPS) is 16.3. The second-order valence-corrected chi connectivity index (χ2v) is 7.34. The van der Waals surface area contributed by atoms with Crippen molar-refractivity contribution in [1.29, 1.82) is 0 Å². The van der Waals surface area contributed by atoms with Gasteiger partial charge in [-0.25, -0.2) is 0 Å². The molecule has 0 aromatic carbocycles. The van der Waals surface area contributed by atoms with E-state index in [1.54, 1.807) is 0 Å². The van der Waals surface area contributed by atoms with Gasteiger partial charge in [-0.1, -0.05) is 0 Å². The minimum absolute atomic E-state index is 0.166. The van der Waals surface area contributed by atoms with Crippen LogP contribution in [-0.2, 0) is 23.3 Å². The highest BCUT2D eigenvalue weighted by atomic mass is 31.2. The molecule has 0 aliphatic carbocycles. The quantitative estimate of drug-likeness (QED) is 0.325. The number of ether oxygens (including phenoxy) is 3. The van der Waals surface area contributed by atoms with Gasteiger partial charge in [0.2, 0.25) is 0 Å². The summed E-state index contributed by atoms with van der Waals surface area (Å²) < 4.78 is 36.2. The zero-order valence-electron chi connectivity index (χ0n) is 10.7. The predicted molar refractivity (Wildman–Crippen MR) is 65.7 cm³/mol. The van der Waals surface area contributed by atoms with Crippen molar-refractivity contribution in [1.82, 2.24) is 0 Å². The van der Waals surface area contributed by atoms with Gasteiger partial charge in [-0.15, -0.1) is 0 Å². The second-order valence-electron chi connectivity index (χ2n) is 3.79. The molecule has 0 aromatic heterocycles. The molecule has 0 aliphatic rings. The van der Waals surface area contributed by atoms with E-state index < -0.39 is 40.1 Å². The molecule has 2 atom stereocenters. The van der Waals surface area contributed by atoms with Crippen LogP contribution in [0.1, 0.15) is 13.8 Å². The molecule has 4 N–H and O–H groups in total. The van der Waals surface area contributed by atoms with Gasteiger partial charge >= 0.3 is 15.2 Å². The molecule has 0 amide bonds. The first-order valence-corrected chi connectivity index (χ1v) is 9.07. The third-order valence-corrected chi connectivity index (χ3v) is 3.38. The van der Waals surface area contributed by atoms with Crippen LogP contribution in [0.4, 0.5) is 0 Å². The molecule has 0 radical (unpaired) electrons. The van der Waals surface area contributed by atoms with Gasteiger partial charge in [0.25, 0.3) is 0 Å². The van der Waals surface area contributed by atoms with E-state index in [-0.39, 0.29) is 13.2 Å². The zero-order valence-corrected chi connectivity index (χ0v) is 12.5. The Morgan fingerprint density at radius 1 is 0.842 bits per heavy atom. The summed E-state index contributed by atoms with van der Waals surface area (Å²) in [5.74, 6) is 0. The fourth-order valence-corrected chi connectivity index (χ4v) is 1.71. The Labute approximate surface area is 111 Å². The topological polar surface area (TPSA) is 143 Å². The molecule has 19 heavy (non-hydrogen) atoms. The fraction of sp³-hybridized carbons (Fsp3) is 1.00. The van der Waals surface area contributed by atoms with Crippen LogP contribution < -0.4 is 0 Å². The molecule has 0 bridgehead atoms. The SMILES string of the molecule is CC(OCCP(=O)(O)O)OC(C)OCCP(=O)(O)O. The van der Waals surface area contributed by atoms with Gasteiger partial charge in [0.05, 0.1) is 25.5 Å². The Bertz CT molecular complexity index is 303. The van der Waals surface area contributed by atoms with Crippen molar-refractivity contribution in [2.75, 3.05) is 25.5 Å². The van der Waals surface area contributed by atoms with E-state index in [1.165, 1.54) is 13.8 Å². The molecule has 0 fully saturated rings. The van der Waals surface area contributed by atoms with Crippen molar-refractivity contribution in [3.8, 4) is 0 Å².